The quantitative estimate of drug-likeness (QED) is 0.313. The fourth-order valence-corrected chi connectivity index (χ4v) is 5.27. The zero-order valence-electron chi connectivity index (χ0n) is 17.5. The number of carbonyl (C=O) groups is 1. The largest absolute Gasteiger partial charge is 0.463 e. The van der Waals surface area contributed by atoms with Gasteiger partial charge in [0, 0.05) is 29.4 Å². The van der Waals surface area contributed by atoms with Gasteiger partial charge in [-0.3, -0.25) is 4.98 Å². The zero-order chi connectivity index (χ0) is 22.6. The van der Waals surface area contributed by atoms with E-state index in [1.807, 2.05) is 42.5 Å². The number of tetrazole rings is 1. The Labute approximate surface area is 197 Å². The van der Waals surface area contributed by atoms with E-state index in [0.29, 0.717) is 23.0 Å². The van der Waals surface area contributed by atoms with E-state index < -0.39 is 12.0 Å². The van der Waals surface area contributed by atoms with Gasteiger partial charge in [-0.25, -0.2) is 4.79 Å². The first kappa shape index (κ1) is 21.2. The van der Waals surface area contributed by atoms with Crippen molar-refractivity contribution in [1.82, 2.24) is 35.4 Å². The number of ether oxygens (including phenoxy) is 1. The molecule has 0 fully saturated rings. The highest BCUT2D eigenvalue weighted by atomic mass is 32.2. The molecule has 1 unspecified atom stereocenters. The van der Waals surface area contributed by atoms with Crippen LogP contribution in [-0.4, -0.2) is 53.7 Å². The van der Waals surface area contributed by atoms with Crippen LogP contribution in [0.25, 0.3) is 10.6 Å². The van der Waals surface area contributed by atoms with Gasteiger partial charge < -0.3 is 10.1 Å². The molecular formula is C21H18N8O2S2. The maximum atomic E-state index is 13.1. The van der Waals surface area contributed by atoms with Crippen molar-refractivity contribution in [3.8, 4) is 10.6 Å². The Morgan fingerprint density at radius 2 is 2.06 bits per heavy atom. The molecule has 5 rings (SSSR count). The molecule has 4 heterocycles. The smallest absolute Gasteiger partial charge is 0.338 e. The number of hydrogen-bond acceptors (Lipinski definition) is 11. The summed E-state index contributed by atoms with van der Waals surface area (Å²) in [6.07, 6.45) is 3.37. The number of nitrogens with zero attached hydrogens (tertiary/aromatic N) is 7. The Hall–Kier alpha value is -3.64. The Morgan fingerprint density at radius 3 is 2.85 bits per heavy atom. The van der Waals surface area contributed by atoms with E-state index in [9.17, 15) is 4.79 Å². The summed E-state index contributed by atoms with van der Waals surface area (Å²) in [6, 6.07) is 13.0. The number of hydrogen-bond donors (Lipinski definition) is 1. The Morgan fingerprint density at radius 1 is 1.18 bits per heavy atom. The van der Waals surface area contributed by atoms with Crippen LogP contribution < -0.4 is 5.32 Å². The maximum absolute atomic E-state index is 13.1. The molecule has 0 spiro atoms. The van der Waals surface area contributed by atoms with Crippen molar-refractivity contribution in [3.05, 3.63) is 71.7 Å². The van der Waals surface area contributed by atoms with Crippen LogP contribution in [0.4, 0.5) is 5.95 Å². The molecule has 0 saturated carbocycles. The first-order valence-electron chi connectivity index (χ1n) is 10.1. The van der Waals surface area contributed by atoms with Gasteiger partial charge in [-0.05, 0) is 29.0 Å². The van der Waals surface area contributed by atoms with E-state index in [1.165, 1.54) is 23.1 Å². The van der Waals surface area contributed by atoms with Crippen molar-refractivity contribution in [2.24, 2.45) is 0 Å². The van der Waals surface area contributed by atoms with Gasteiger partial charge in [0.1, 0.15) is 11.0 Å². The third kappa shape index (κ3) is 4.34. The third-order valence-corrected chi connectivity index (χ3v) is 6.99. The van der Waals surface area contributed by atoms with Crippen molar-refractivity contribution in [1.29, 1.82) is 0 Å². The molecule has 10 nitrogen and oxygen atoms in total. The number of nitrogens with one attached hydrogen (secondary N) is 1. The number of aromatic nitrogens is 7. The predicted molar refractivity (Wildman–Crippen MR) is 124 cm³/mol. The summed E-state index contributed by atoms with van der Waals surface area (Å²) in [5, 5.41) is 24.6. The number of pyridine rings is 1. The third-order valence-electron chi connectivity index (χ3n) is 4.86. The van der Waals surface area contributed by atoms with Crippen LogP contribution in [0.1, 0.15) is 18.5 Å². The van der Waals surface area contributed by atoms with Gasteiger partial charge in [0.15, 0.2) is 4.34 Å². The summed E-state index contributed by atoms with van der Waals surface area (Å²) in [6.45, 7) is 2.03. The second-order valence-corrected chi connectivity index (χ2v) is 9.10. The number of benzene rings is 1. The lowest BCUT2D eigenvalue weighted by molar-refractivity contribution is -0.139. The topological polar surface area (TPSA) is 121 Å². The molecule has 0 saturated heterocycles. The van der Waals surface area contributed by atoms with E-state index in [4.69, 9.17) is 4.74 Å². The molecule has 1 aliphatic rings. The number of thioether (sulfide) groups is 1. The average Bonchev–Trinajstić information content (AvgIpc) is 3.52. The second kappa shape index (κ2) is 9.46. The van der Waals surface area contributed by atoms with E-state index in [1.54, 1.807) is 24.0 Å². The molecule has 33 heavy (non-hydrogen) atoms. The van der Waals surface area contributed by atoms with Crippen molar-refractivity contribution < 1.29 is 9.53 Å². The van der Waals surface area contributed by atoms with Crippen LogP contribution in [0, 0.1) is 0 Å². The van der Waals surface area contributed by atoms with Gasteiger partial charge >= 0.3 is 5.97 Å². The van der Waals surface area contributed by atoms with Crippen molar-refractivity contribution in [3.63, 3.8) is 0 Å². The minimum Gasteiger partial charge on any atom is -0.463 e. The molecule has 1 aliphatic heterocycles. The highest BCUT2D eigenvalue weighted by Gasteiger charge is 2.36. The van der Waals surface area contributed by atoms with E-state index in [2.05, 4.69) is 36.0 Å². The first-order valence-corrected chi connectivity index (χ1v) is 11.9. The number of rotatable bonds is 7. The molecule has 1 atom stereocenters. The van der Waals surface area contributed by atoms with Gasteiger partial charge in [-0.15, -0.1) is 10.2 Å². The summed E-state index contributed by atoms with van der Waals surface area (Å²) < 4.78 is 7.75. The molecule has 0 radical (unpaired) electrons. The molecule has 1 aromatic carbocycles. The second-order valence-electron chi connectivity index (χ2n) is 6.90. The summed E-state index contributed by atoms with van der Waals surface area (Å²) >= 11 is 2.98. The molecule has 166 valence electrons. The van der Waals surface area contributed by atoms with Crippen molar-refractivity contribution in [2.75, 3.05) is 17.7 Å². The van der Waals surface area contributed by atoms with Crippen LogP contribution in [0.15, 0.2) is 70.5 Å². The molecule has 3 aromatic heterocycles. The minimum atomic E-state index is -0.561. The lowest BCUT2D eigenvalue weighted by Crippen LogP contribution is -2.31. The summed E-state index contributed by atoms with van der Waals surface area (Å²) in [7, 11) is 0. The Kier molecular flexibility index (Phi) is 6.09. The molecule has 12 heteroatoms. The molecule has 1 N–H and O–H groups in total. The number of carbonyl (C=O) groups excluding carboxylic acids is 1. The zero-order valence-corrected chi connectivity index (χ0v) is 19.1. The van der Waals surface area contributed by atoms with Crippen molar-refractivity contribution in [2.45, 2.75) is 17.3 Å². The Bertz CT molecular complexity index is 1290. The van der Waals surface area contributed by atoms with E-state index >= 15 is 0 Å². The monoisotopic (exact) mass is 478 g/mol. The van der Waals surface area contributed by atoms with Crippen molar-refractivity contribution >= 4 is 35.0 Å². The van der Waals surface area contributed by atoms with E-state index in [-0.39, 0.29) is 6.61 Å². The van der Waals surface area contributed by atoms with Crippen LogP contribution in [-0.2, 0) is 9.53 Å². The van der Waals surface area contributed by atoms with Gasteiger partial charge in [0.25, 0.3) is 0 Å². The fraction of sp³-hybridized carbons (Fsp3) is 0.190. The fourth-order valence-electron chi connectivity index (χ4n) is 3.44. The lowest BCUT2D eigenvalue weighted by atomic mass is 9.97. The first-order chi connectivity index (χ1) is 16.2. The molecule has 0 aliphatic carbocycles. The molecule has 0 bridgehead atoms. The Balaban J connectivity index is 1.48. The van der Waals surface area contributed by atoms with E-state index in [0.717, 1.165) is 20.5 Å². The lowest BCUT2D eigenvalue weighted by Gasteiger charge is -2.28. The molecule has 4 aromatic rings. The normalized spacial score (nSPS) is 15.1. The SMILES string of the molecule is CCOC(=O)C1=C(CSc2nnc(-c3ccccc3)s2)Nc2nnnn2C1c1cccnc1. The summed E-state index contributed by atoms with van der Waals surface area (Å²) in [5.74, 6) is 0.439. The van der Waals surface area contributed by atoms with Gasteiger partial charge in [-0.1, -0.05) is 64.6 Å². The summed E-state index contributed by atoms with van der Waals surface area (Å²) in [5.41, 5.74) is 2.89. The van der Waals surface area contributed by atoms with Gasteiger partial charge in [0.05, 0.1) is 12.2 Å². The molecular weight excluding hydrogens is 460 g/mol. The minimum absolute atomic E-state index is 0.252. The number of anilines is 1. The number of fused-ring (bicyclic) bond motifs is 1. The highest BCUT2D eigenvalue weighted by Crippen LogP contribution is 2.37. The standard InChI is InChI=1S/C21H18N8O2S2/c1-2-31-19(30)16-15(12-32-21-26-24-18(33-21)13-7-4-3-5-8-13)23-20-25-27-28-29(20)17(16)14-9-6-10-22-11-14/h3-11,17H,2,12H2,1H3,(H,23,25,28). The predicted octanol–water partition coefficient (Wildman–Crippen LogP) is 3.21. The van der Waals surface area contributed by atoms with Gasteiger partial charge in [-0.2, -0.15) is 4.68 Å². The van der Waals surface area contributed by atoms with Gasteiger partial charge in [0.2, 0.25) is 5.95 Å². The van der Waals surface area contributed by atoms with Crippen LogP contribution >= 0.6 is 23.1 Å². The van der Waals surface area contributed by atoms with Crippen LogP contribution in [0.3, 0.4) is 0 Å². The van der Waals surface area contributed by atoms with Crippen LogP contribution in [0.2, 0.25) is 0 Å². The average molecular weight is 479 g/mol. The number of esters is 1. The summed E-state index contributed by atoms with van der Waals surface area (Å²) in [4.78, 5) is 17.3. The van der Waals surface area contributed by atoms with Crippen LogP contribution in [0.5, 0.6) is 0 Å². The maximum Gasteiger partial charge on any atom is 0.338 e. The molecule has 0 amide bonds. The highest BCUT2D eigenvalue weighted by molar-refractivity contribution is 8.01.